The summed E-state index contributed by atoms with van der Waals surface area (Å²) in [6.07, 6.45) is 0.477. The van der Waals surface area contributed by atoms with Gasteiger partial charge in [0.25, 0.3) is 0 Å². The molecule has 0 N–H and O–H groups in total. The van der Waals surface area contributed by atoms with Crippen LogP contribution < -0.4 is 0 Å². The van der Waals surface area contributed by atoms with Crippen molar-refractivity contribution in [1.29, 1.82) is 0 Å². The Bertz CT molecular complexity index is 737. The number of hydrogen-bond donors (Lipinski definition) is 0. The van der Waals surface area contributed by atoms with Gasteiger partial charge in [0.2, 0.25) is 8.32 Å². The number of halogens is 1. The van der Waals surface area contributed by atoms with Crippen molar-refractivity contribution in [3.63, 3.8) is 0 Å². The summed E-state index contributed by atoms with van der Waals surface area (Å²) in [6.45, 7) is 18.7. The number of hydrogen-bond acceptors (Lipinski definition) is 6. The first-order chi connectivity index (χ1) is 14.9. The monoisotopic (exact) mass is 504 g/mol. The molecule has 34 heavy (non-hydrogen) atoms. The van der Waals surface area contributed by atoms with Gasteiger partial charge in [0.1, 0.15) is 11.2 Å². The minimum atomic E-state index is -1.56. The number of ether oxygens (including phenoxy) is 2. The quantitative estimate of drug-likeness (QED) is 0.460. The van der Waals surface area contributed by atoms with E-state index in [2.05, 4.69) is 19.6 Å². The van der Waals surface area contributed by atoms with E-state index in [9.17, 15) is 18.8 Å². The van der Waals surface area contributed by atoms with Gasteiger partial charge >= 0.3 is 12.2 Å². The smallest absolute Gasteiger partial charge is 0.410 e. The van der Waals surface area contributed by atoms with E-state index in [0.29, 0.717) is 13.1 Å². The van der Waals surface area contributed by atoms with E-state index in [1.165, 1.54) is 4.90 Å². The molecular weight excluding hydrogens is 459 g/mol. The van der Waals surface area contributed by atoms with Crippen LogP contribution in [0.25, 0.3) is 0 Å². The van der Waals surface area contributed by atoms with Gasteiger partial charge in [-0.25, -0.2) is 14.0 Å². The van der Waals surface area contributed by atoms with Crippen LogP contribution in [0.15, 0.2) is 11.8 Å². The fourth-order valence-electron chi connectivity index (χ4n) is 2.91. The van der Waals surface area contributed by atoms with E-state index < -0.39 is 37.6 Å². The lowest BCUT2D eigenvalue weighted by Crippen LogP contribution is -2.47. The Labute approximate surface area is 205 Å². The summed E-state index contributed by atoms with van der Waals surface area (Å²) in [4.78, 5) is 37.2. The van der Waals surface area contributed by atoms with E-state index in [1.54, 1.807) is 25.7 Å². The second kappa shape index (κ2) is 12.6. The highest BCUT2D eigenvalue weighted by atomic mass is 28.4. The summed E-state index contributed by atoms with van der Waals surface area (Å²) in [5.74, 6) is 0.587. The van der Waals surface area contributed by atoms with Crippen LogP contribution in [0.1, 0.15) is 61.8 Å². The van der Waals surface area contributed by atoms with Crippen molar-refractivity contribution in [3.05, 3.63) is 11.8 Å². The summed E-state index contributed by atoms with van der Waals surface area (Å²) < 4.78 is 29.4. The van der Waals surface area contributed by atoms with E-state index in [-0.39, 0.29) is 33.0 Å². The Morgan fingerprint density at radius 2 is 1.41 bits per heavy atom. The Morgan fingerprint density at radius 1 is 0.941 bits per heavy atom. The number of carbonyl (C=O) groups is 3. The van der Waals surface area contributed by atoms with Crippen molar-refractivity contribution in [3.8, 4) is 0 Å². The molecule has 2 amide bonds. The maximum Gasteiger partial charge on any atom is 0.410 e. The van der Waals surface area contributed by atoms with Crippen LogP contribution in [0.4, 0.5) is 14.0 Å². The Kier molecular flexibility index (Phi) is 11.8. The largest absolute Gasteiger partial charge is 0.547 e. The first-order valence-corrected chi connectivity index (χ1v) is 14.8. The molecule has 0 radical (unpaired) electrons. The van der Waals surface area contributed by atoms with Gasteiger partial charge in [-0.2, -0.15) is 0 Å². The molecule has 198 valence electrons. The van der Waals surface area contributed by atoms with E-state index >= 15 is 0 Å². The minimum absolute atomic E-state index is 0. The Balaban J connectivity index is 0.000000632. The lowest BCUT2D eigenvalue weighted by molar-refractivity contribution is -0.127. The highest BCUT2D eigenvalue weighted by molar-refractivity contribution is 6.70. The van der Waals surface area contributed by atoms with Crippen molar-refractivity contribution in [2.24, 2.45) is 0 Å². The molecule has 0 saturated carbocycles. The molecule has 0 aromatic carbocycles. The van der Waals surface area contributed by atoms with Gasteiger partial charge in [0.15, 0.2) is 12.0 Å². The average molecular weight is 505 g/mol. The van der Waals surface area contributed by atoms with Gasteiger partial charge in [-0.1, -0.05) is 7.43 Å². The van der Waals surface area contributed by atoms with Gasteiger partial charge in [-0.05, 0) is 67.3 Å². The summed E-state index contributed by atoms with van der Waals surface area (Å²) >= 11 is 0. The van der Waals surface area contributed by atoms with Crippen LogP contribution in [0.3, 0.4) is 0 Å². The van der Waals surface area contributed by atoms with Gasteiger partial charge < -0.3 is 23.7 Å². The number of carbonyl (C=O) groups excluding carboxylic acids is 3. The third-order valence-corrected chi connectivity index (χ3v) is 5.14. The number of nitrogens with zero attached hydrogens (tertiary/aromatic N) is 2. The molecular formula is C24H45FN2O6Si. The zero-order valence-electron chi connectivity index (χ0n) is 21.6. The van der Waals surface area contributed by atoms with E-state index in [4.69, 9.17) is 13.9 Å². The van der Waals surface area contributed by atoms with Crippen LogP contribution in [-0.4, -0.2) is 79.6 Å². The summed E-state index contributed by atoms with van der Waals surface area (Å²) in [7, 11) is -1.54. The first-order valence-electron chi connectivity index (χ1n) is 11.4. The standard InChI is InChI=1S/C13H25NO3Si.C10H16FNO3.CH4/c1-13(2,3)16-12(15)14-9-7-11(8-10-14)17-18(4,5)6;1-10(2,3)15-9(14)12-5-4-8(13)7(11)6-12;/h7H,8-10H2,1-6H3;7H,4-6H2,1-3H3;1H4. The number of piperidine rings is 1. The second-order valence-electron chi connectivity index (χ2n) is 11.2. The van der Waals surface area contributed by atoms with Crippen molar-refractivity contribution in [2.75, 3.05) is 26.2 Å². The number of ketones is 1. The van der Waals surface area contributed by atoms with Gasteiger partial charge in [-0.3, -0.25) is 4.79 Å². The molecule has 1 saturated heterocycles. The molecule has 0 aromatic heterocycles. The van der Waals surface area contributed by atoms with Crippen molar-refractivity contribution in [2.45, 2.75) is 98.8 Å². The third kappa shape index (κ3) is 13.0. The Morgan fingerprint density at radius 3 is 1.79 bits per heavy atom. The molecule has 0 aliphatic carbocycles. The maximum absolute atomic E-state index is 13.0. The molecule has 1 atom stereocenters. The fraction of sp³-hybridized carbons (Fsp3) is 0.792. The molecule has 1 unspecified atom stereocenters. The topological polar surface area (TPSA) is 85.4 Å². The zero-order chi connectivity index (χ0) is 25.6. The second-order valence-corrected chi connectivity index (χ2v) is 15.6. The number of Topliss-reactive ketones (excluding diaryl/α,β-unsaturated/α-hetero) is 1. The van der Waals surface area contributed by atoms with Gasteiger partial charge in [0.05, 0.1) is 12.3 Å². The fourth-order valence-corrected chi connectivity index (χ4v) is 3.88. The number of rotatable bonds is 2. The van der Waals surface area contributed by atoms with Gasteiger partial charge in [-0.15, -0.1) is 0 Å². The van der Waals surface area contributed by atoms with Crippen LogP contribution >= 0.6 is 0 Å². The highest BCUT2D eigenvalue weighted by Crippen LogP contribution is 2.19. The Hall–Kier alpha value is -2.10. The molecule has 1 fully saturated rings. The molecule has 2 aliphatic rings. The van der Waals surface area contributed by atoms with Gasteiger partial charge in [0, 0.05) is 32.5 Å². The lowest BCUT2D eigenvalue weighted by Gasteiger charge is -2.31. The van der Waals surface area contributed by atoms with Crippen LogP contribution in [0, 0.1) is 0 Å². The molecule has 0 aromatic rings. The predicted molar refractivity (Wildman–Crippen MR) is 134 cm³/mol. The first kappa shape index (κ1) is 31.9. The number of alkyl halides is 1. The molecule has 2 heterocycles. The molecule has 2 rings (SSSR count). The molecule has 2 aliphatic heterocycles. The summed E-state index contributed by atoms with van der Waals surface area (Å²) in [6, 6.07) is 0. The third-order valence-electron chi connectivity index (χ3n) is 4.27. The normalized spacial score (nSPS) is 19.2. The highest BCUT2D eigenvalue weighted by Gasteiger charge is 2.32. The van der Waals surface area contributed by atoms with E-state index in [1.807, 2.05) is 26.8 Å². The maximum atomic E-state index is 13.0. The van der Waals surface area contributed by atoms with Crippen LogP contribution in [-0.2, 0) is 18.7 Å². The molecule has 0 spiro atoms. The number of amides is 2. The average Bonchev–Trinajstić information content (AvgIpc) is 2.61. The van der Waals surface area contributed by atoms with Crippen LogP contribution in [0.2, 0.25) is 19.6 Å². The minimum Gasteiger partial charge on any atom is -0.547 e. The molecule has 0 bridgehead atoms. The van der Waals surface area contributed by atoms with Crippen molar-refractivity contribution < 1.29 is 32.7 Å². The SMILES string of the molecule is C.CC(C)(C)OC(=O)N1CC=C(O[Si](C)(C)C)CC1.CC(C)(C)OC(=O)N1CCC(=O)C(F)C1. The molecule has 8 nitrogen and oxygen atoms in total. The number of likely N-dealkylation sites (tertiary alicyclic amines) is 1. The lowest BCUT2D eigenvalue weighted by atomic mass is 10.1. The van der Waals surface area contributed by atoms with E-state index in [0.717, 1.165) is 12.2 Å². The van der Waals surface area contributed by atoms with Crippen molar-refractivity contribution in [1.82, 2.24) is 9.80 Å². The van der Waals surface area contributed by atoms with Crippen LogP contribution in [0.5, 0.6) is 0 Å². The summed E-state index contributed by atoms with van der Waals surface area (Å²) in [5.41, 5.74) is -1.03. The molecule has 10 heteroatoms. The predicted octanol–water partition coefficient (Wildman–Crippen LogP) is 5.53. The zero-order valence-corrected chi connectivity index (χ0v) is 22.6. The summed E-state index contributed by atoms with van der Waals surface area (Å²) in [5, 5.41) is 0. The van der Waals surface area contributed by atoms with Crippen molar-refractivity contribution >= 4 is 26.3 Å².